The van der Waals surface area contributed by atoms with Crippen LogP contribution in [-0.4, -0.2) is 41.5 Å². The van der Waals surface area contributed by atoms with Gasteiger partial charge in [-0.15, -0.1) is 0 Å². The molecule has 2 heterocycles. The zero-order valence-corrected chi connectivity index (χ0v) is 18.8. The molecule has 0 bridgehead atoms. The molecule has 0 unspecified atom stereocenters. The highest BCUT2D eigenvalue weighted by Crippen LogP contribution is 2.25. The smallest absolute Gasteiger partial charge is 0.262 e. The Balaban J connectivity index is 1.38. The lowest BCUT2D eigenvalue weighted by Crippen LogP contribution is -2.30. The summed E-state index contributed by atoms with van der Waals surface area (Å²) < 4.78 is 17.8. The first-order valence-electron chi connectivity index (χ1n) is 10.3. The summed E-state index contributed by atoms with van der Waals surface area (Å²) in [5.41, 5.74) is 0.413. The number of furan rings is 1. The van der Waals surface area contributed by atoms with E-state index in [0.717, 1.165) is 0 Å². The number of methoxy groups -OCH3 is 1. The molecule has 2 aromatic carbocycles. The highest BCUT2D eigenvalue weighted by Gasteiger charge is 2.14. The third kappa shape index (κ3) is 5.56. The van der Waals surface area contributed by atoms with Crippen molar-refractivity contribution in [3.63, 3.8) is 0 Å². The number of hydrogen-bond donors (Lipinski definition) is 1. The number of para-hydroxylation sites is 3. The average molecular weight is 466 g/mol. The third-order valence-electron chi connectivity index (χ3n) is 4.80. The van der Waals surface area contributed by atoms with Crippen molar-refractivity contribution in [2.24, 2.45) is 0 Å². The molecular formula is C24H23N3O5S. The van der Waals surface area contributed by atoms with Crippen molar-refractivity contribution in [1.29, 1.82) is 0 Å². The van der Waals surface area contributed by atoms with Gasteiger partial charge in [0.25, 0.3) is 5.56 Å². The topological polar surface area (TPSA) is 95.6 Å². The van der Waals surface area contributed by atoms with Crippen LogP contribution in [0, 0.1) is 0 Å². The van der Waals surface area contributed by atoms with Crippen LogP contribution in [0.15, 0.2) is 81.3 Å². The minimum absolute atomic E-state index is 0.109. The van der Waals surface area contributed by atoms with Gasteiger partial charge >= 0.3 is 0 Å². The van der Waals surface area contributed by atoms with Crippen molar-refractivity contribution >= 4 is 28.6 Å². The van der Waals surface area contributed by atoms with Gasteiger partial charge in [0.15, 0.2) is 16.7 Å². The van der Waals surface area contributed by atoms with E-state index in [2.05, 4.69) is 10.3 Å². The number of benzene rings is 2. The van der Waals surface area contributed by atoms with Crippen molar-refractivity contribution in [3.8, 4) is 11.5 Å². The van der Waals surface area contributed by atoms with Gasteiger partial charge in [-0.25, -0.2) is 4.98 Å². The van der Waals surface area contributed by atoms with E-state index in [1.807, 2.05) is 24.3 Å². The first kappa shape index (κ1) is 22.5. The number of ether oxygens (including phenoxy) is 2. The number of rotatable bonds is 10. The SMILES string of the molecule is COc1ccccc1OCCNC(=O)CSc1nc2ccccc2c(=O)n1Cc1ccco1. The zero-order valence-electron chi connectivity index (χ0n) is 18.0. The van der Waals surface area contributed by atoms with Crippen molar-refractivity contribution in [1.82, 2.24) is 14.9 Å². The van der Waals surface area contributed by atoms with E-state index in [1.165, 1.54) is 16.3 Å². The Bertz CT molecular complexity index is 1290. The van der Waals surface area contributed by atoms with E-state index in [0.29, 0.717) is 46.5 Å². The van der Waals surface area contributed by atoms with Gasteiger partial charge in [-0.2, -0.15) is 0 Å². The fourth-order valence-corrected chi connectivity index (χ4v) is 4.05. The van der Waals surface area contributed by atoms with Crippen LogP contribution in [0.4, 0.5) is 0 Å². The molecule has 9 heteroatoms. The lowest BCUT2D eigenvalue weighted by molar-refractivity contribution is -0.118. The zero-order chi connectivity index (χ0) is 23.0. The summed E-state index contributed by atoms with van der Waals surface area (Å²) in [6.45, 7) is 0.871. The van der Waals surface area contributed by atoms with Gasteiger partial charge in [0.2, 0.25) is 5.91 Å². The molecule has 0 aliphatic carbocycles. The van der Waals surface area contributed by atoms with E-state index in [4.69, 9.17) is 13.9 Å². The number of hydrogen-bond acceptors (Lipinski definition) is 7. The summed E-state index contributed by atoms with van der Waals surface area (Å²) in [5.74, 6) is 1.81. The lowest BCUT2D eigenvalue weighted by Gasteiger charge is -2.13. The Hall–Kier alpha value is -3.72. The summed E-state index contributed by atoms with van der Waals surface area (Å²) in [5, 5.41) is 3.79. The Kier molecular flexibility index (Phi) is 7.31. The van der Waals surface area contributed by atoms with Crippen LogP contribution in [0.1, 0.15) is 5.76 Å². The number of fused-ring (bicyclic) bond motifs is 1. The Morgan fingerprint density at radius 1 is 1.09 bits per heavy atom. The quantitative estimate of drug-likeness (QED) is 0.218. The highest BCUT2D eigenvalue weighted by molar-refractivity contribution is 7.99. The molecule has 0 radical (unpaired) electrons. The molecule has 170 valence electrons. The molecule has 0 saturated heterocycles. The van der Waals surface area contributed by atoms with Gasteiger partial charge in [-0.1, -0.05) is 36.0 Å². The van der Waals surface area contributed by atoms with Gasteiger partial charge in [0.05, 0.1) is 43.1 Å². The molecule has 2 aromatic heterocycles. The maximum atomic E-state index is 13.1. The van der Waals surface area contributed by atoms with Gasteiger partial charge < -0.3 is 19.2 Å². The second kappa shape index (κ2) is 10.7. The number of carbonyl (C=O) groups excluding carboxylic acids is 1. The number of carbonyl (C=O) groups is 1. The molecule has 0 spiro atoms. The van der Waals surface area contributed by atoms with Crippen LogP contribution in [0.3, 0.4) is 0 Å². The van der Waals surface area contributed by atoms with E-state index in [9.17, 15) is 9.59 Å². The second-order valence-corrected chi connectivity index (χ2v) is 7.96. The summed E-state index contributed by atoms with van der Waals surface area (Å²) in [4.78, 5) is 30.0. The summed E-state index contributed by atoms with van der Waals surface area (Å²) >= 11 is 1.20. The van der Waals surface area contributed by atoms with Crippen LogP contribution in [0.5, 0.6) is 11.5 Å². The number of nitrogens with zero attached hydrogens (tertiary/aromatic N) is 2. The molecule has 1 amide bonds. The van der Waals surface area contributed by atoms with Crippen molar-refractivity contribution in [3.05, 3.63) is 83.0 Å². The number of nitrogens with one attached hydrogen (secondary N) is 1. The number of amides is 1. The molecule has 0 aliphatic heterocycles. The first-order valence-corrected chi connectivity index (χ1v) is 11.3. The summed E-state index contributed by atoms with van der Waals surface area (Å²) in [6.07, 6.45) is 1.56. The molecule has 0 atom stereocenters. The van der Waals surface area contributed by atoms with Gasteiger partial charge in [-0.05, 0) is 36.4 Å². The summed E-state index contributed by atoms with van der Waals surface area (Å²) in [7, 11) is 1.58. The van der Waals surface area contributed by atoms with Gasteiger partial charge in [0.1, 0.15) is 12.4 Å². The number of thioether (sulfide) groups is 1. The van der Waals surface area contributed by atoms with Gasteiger partial charge in [0, 0.05) is 0 Å². The Morgan fingerprint density at radius 2 is 1.88 bits per heavy atom. The van der Waals surface area contributed by atoms with Crippen LogP contribution in [0.2, 0.25) is 0 Å². The van der Waals surface area contributed by atoms with E-state index in [1.54, 1.807) is 49.8 Å². The maximum absolute atomic E-state index is 13.1. The Morgan fingerprint density at radius 3 is 2.67 bits per heavy atom. The standard InChI is InChI=1S/C24H23N3O5S/c1-30-20-10-4-5-11-21(20)32-14-12-25-22(28)16-33-24-26-19-9-3-2-8-18(19)23(29)27(24)15-17-7-6-13-31-17/h2-11,13H,12,14-16H2,1H3,(H,25,28). The lowest BCUT2D eigenvalue weighted by atomic mass is 10.2. The fraction of sp³-hybridized carbons (Fsp3) is 0.208. The normalized spacial score (nSPS) is 10.8. The monoisotopic (exact) mass is 465 g/mol. The van der Waals surface area contributed by atoms with Crippen LogP contribution in [-0.2, 0) is 11.3 Å². The fourth-order valence-electron chi connectivity index (χ4n) is 3.23. The molecule has 1 N–H and O–H groups in total. The largest absolute Gasteiger partial charge is 0.493 e. The van der Waals surface area contributed by atoms with E-state index < -0.39 is 0 Å². The van der Waals surface area contributed by atoms with Gasteiger partial charge in [-0.3, -0.25) is 14.2 Å². The van der Waals surface area contributed by atoms with Crippen molar-refractivity contribution in [2.75, 3.05) is 26.0 Å². The van der Waals surface area contributed by atoms with Crippen molar-refractivity contribution < 1.29 is 18.7 Å². The molecule has 4 aromatic rings. The van der Waals surface area contributed by atoms with E-state index >= 15 is 0 Å². The maximum Gasteiger partial charge on any atom is 0.262 e. The minimum Gasteiger partial charge on any atom is -0.493 e. The predicted octanol–water partition coefficient (Wildman–Crippen LogP) is 3.33. The van der Waals surface area contributed by atoms with Crippen molar-refractivity contribution in [2.45, 2.75) is 11.7 Å². The highest BCUT2D eigenvalue weighted by atomic mass is 32.2. The van der Waals surface area contributed by atoms with Crippen LogP contribution in [0.25, 0.3) is 10.9 Å². The van der Waals surface area contributed by atoms with Crippen LogP contribution >= 0.6 is 11.8 Å². The average Bonchev–Trinajstić information content (AvgIpc) is 3.36. The molecule has 0 fully saturated rings. The van der Waals surface area contributed by atoms with Crippen LogP contribution < -0.4 is 20.3 Å². The first-order chi connectivity index (χ1) is 16.2. The molecular weight excluding hydrogens is 442 g/mol. The second-order valence-electron chi connectivity index (χ2n) is 7.02. The third-order valence-corrected chi connectivity index (χ3v) is 5.78. The number of aromatic nitrogens is 2. The molecule has 0 aliphatic rings. The minimum atomic E-state index is -0.185. The molecule has 0 saturated carbocycles. The molecule has 33 heavy (non-hydrogen) atoms. The Labute approximate surface area is 194 Å². The predicted molar refractivity (Wildman–Crippen MR) is 126 cm³/mol. The molecule has 4 rings (SSSR count). The van der Waals surface area contributed by atoms with E-state index in [-0.39, 0.29) is 23.8 Å². The molecule has 8 nitrogen and oxygen atoms in total. The summed E-state index contributed by atoms with van der Waals surface area (Å²) in [6, 6.07) is 18.0.